The monoisotopic (exact) mass is 224 g/mol. The van der Waals surface area contributed by atoms with Crippen LogP contribution < -0.4 is 0 Å². The van der Waals surface area contributed by atoms with Gasteiger partial charge >= 0.3 is 0 Å². The molecule has 1 aliphatic heterocycles. The maximum Gasteiger partial charge on any atom is 0.138 e. The maximum absolute atomic E-state index is 11.8. The number of ketones is 1. The smallest absolute Gasteiger partial charge is 0.138 e. The van der Waals surface area contributed by atoms with Crippen LogP contribution in [0.3, 0.4) is 0 Å². The zero-order chi connectivity index (χ0) is 10.5. The predicted octanol–water partition coefficient (Wildman–Crippen LogP) is 2.68. The summed E-state index contributed by atoms with van der Waals surface area (Å²) in [6.07, 6.45) is 3.61. The van der Waals surface area contributed by atoms with Gasteiger partial charge in [-0.25, -0.2) is 0 Å². The molecule has 2 nitrogen and oxygen atoms in total. The molecule has 15 heavy (non-hydrogen) atoms. The molecule has 0 amide bonds. The fraction of sp³-hybridized carbons (Fsp3) is 0.583. The van der Waals surface area contributed by atoms with E-state index in [0.29, 0.717) is 18.8 Å². The van der Waals surface area contributed by atoms with Crippen molar-refractivity contribution in [2.45, 2.75) is 25.7 Å². The topological polar surface area (TPSA) is 26.3 Å². The van der Waals surface area contributed by atoms with Gasteiger partial charge in [0.1, 0.15) is 5.78 Å². The second-order valence-electron chi connectivity index (χ2n) is 4.01. The summed E-state index contributed by atoms with van der Waals surface area (Å²) < 4.78 is 5.32. The van der Waals surface area contributed by atoms with Crippen molar-refractivity contribution in [1.29, 1.82) is 0 Å². The second kappa shape index (κ2) is 5.42. The summed E-state index contributed by atoms with van der Waals surface area (Å²) in [7, 11) is 0. The summed E-state index contributed by atoms with van der Waals surface area (Å²) in [4.78, 5) is 11.8. The van der Waals surface area contributed by atoms with Crippen molar-refractivity contribution >= 4 is 17.1 Å². The summed E-state index contributed by atoms with van der Waals surface area (Å²) in [5.41, 5.74) is 1.28. The standard InChI is InChI=1S/C12H16O2S/c13-12(11-2-1-6-14-8-11)4-3-10-5-7-15-9-10/h5,7,9,11H,1-4,6,8H2. The van der Waals surface area contributed by atoms with Gasteiger partial charge in [-0.05, 0) is 41.7 Å². The van der Waals surface area contributed by atoms with Gasteiger partial charge in [0.2, 0.25) is 0 Å². The third kappa shape index (κ3) is 3.14. The first kappa shape index (κ1) is 10.8. The van der Waals surface area contributed by atoms with Crippen LogP contribution in [0, 0.1) is 5.92 Å². The van der Waals surface area contributed by atoms with Crippen LogP contribution in [-0.4, -0.2) is 19.0 Å². The molecule has 1 aromatic rings. The quantitative estimate of drug-likeness (QED) is 0.786. The Bertz CT molecular complexity index is 299. The van der Waals surface area contributed by atoms with Gasteiger partial charge in [0.15, 0.2) is 0 Å². The Balaban J connectivity index is 1.76. The van der Waals surface area contributed by atoms with Gasteiger partial charge in [-0.3, -0.25) is 4.79 Å². The summed E-state index contributed by atoms with van der Waals surface area (Å²) in [5, 5.41) is 4.17. The number of carbonyl (C=O) groups excluding carboxylic acids is 1. The second-order valence-corrected chi connectivity index (χ2v) is 4.79. The molecule has 0 N–H and O–H groups in total. The molecule has 3 heteroatoms. The molecule has 0 spiro atoms. The van der Waals surface area contributed by atoms with Crippen molar-refractivity contribution in [3.05, 3.63) is 22.4 Å². The molecule has 1 aliphatic rings. The lowest BCUT2D eigenvalue weighted by Crippen LogP contribution is -2.25. The third-order valence-electron chi connectivity index (χ3n) is 2.86. The molecular formula is C12H16O2S. The molecule has 0 aliphatic carbocycles. The van der Waals surface area contributed by atoms with Gasteiger partial charge < -0.3 is 4.74 Å². The van der Waals surface area contributed by atoms with E-state index >= 15 is 0 Å². The Morgan fingerprint density at radius 1 is 1.60 bits per heavy atom. The number of aryl methyl sites for hydroxylation is 1. The van der Waals surface area contributed by atoms with E-state index in [1.54, 1.807) is 11.3 Å². The van der Waals surface area contributed by atoms with E-state index < -0.39 is 0 Å². The van der Waals surface area contributed by atoms with Gasteiger partial charge in [-0.2, -0.15) is 11.3 Å². The molecule has 1 atom stereocenters. The lowest BCUT2D eigenvalue weighted by Gasteiger charge is -2.20. The summed E-state index contributed by atoms with van der Waals surface area (Å²) in [6, 6.07) is 2.09. The van der Waals surface area contributed by atoms with Gasteiger partial charge in [-0.1, -0.05) is 0 Å². The number of thiophene rings is 1. The van der Waals surface area contributed by atoms with Gasteiger partial charge in [0.05, 0.1) is 6.61 Å². The van der Waals surface area contributed by atoms with Crippen LogP contribution in [0.2, 0.25) is 0 Å². The Hall–Kier alpha value is -0.670. The van der Waals surface area contributed by atoms with Crippen molar-refractivity contribution in [3.63, 3.8) is 0 Å². The molecule has 1 unspecified atom stereocenters. The number of carbonyl (C=O) groups is 1. The maximum atomic E-state index is 11.8. The average molecular weight is 224 g/mol. The molecule has 1 aromatic heterocycles. The zero-order valence-corrected chi connectivity index (χ0v) is 9.59. The SMILES string of the molecule is O=C(CCc1ccsc1)C1CCCOC1. The first-order valence-electron chi connectivity index (χ1n) is 5.48. The van der Waals surface area contributed by atoms with Crippen LogP contribution in [0.4, 0.5) is 0 Å². The van der Waals surface area contributed by atoms with Gasteiger partial charge in [-0.15, -0.1) is 0 Å². The average Bonchev–Trinajstić information content (AvgIpc) is 2.80. The fourth-order valence-corrected chi connectivity index (χ4v) is 2.60. The van der Waals surface area contributed by atoms with E-state index in [0.717, 1.165) is 25.9 Å². The summed E-state index contributed by atoms with van der Waals surface area (Å²) >= 11 is 1.69. The highest BCUT2D eigenvalue weighted by Crippen LogP contribution is 2.17. The van der Waals surface area contributed by atoms with E-state index in [2.05, 4.69) is 16.8 Å². The number of ether oxygens (including phenoxy) is 1. The highest BCUT2D eigenvalue weighted by atomic mass is 32.1. The first-order valence-corrected chi connectivity index (χ1v) is 6.42. The van der Waals surface area contributed by atoms with Crippen LogP contribution in [0.5, 0.6) is 0 Å². The van der Waals surface area contributed by atoms with Gasteiger partial charge in [0, 0.05) is 18.9 Å². The molecule has 0 bridgehead atoms. The third-order valence-corrected chi connectivity index (χ3v) is 3.59. The number of hydrogen-bond acceptors (Lipinski definition) is 3. The van der Waals surface area contributed by atoms with Crippen LogP contribution >= 0.6 is 11.3 Å². The molecule has 1 saturated heterocycles. The van der Waals surface area contributed by atoms with Gasteiger partial charge in [0.25, 0.3) is 0 Å². The van der Waals surface area contributed by atoms with Crippen molar-refractivity contribution in [2.24, 2.45) is 5.92 Å². The Labute approximate surface area is 94.3 Å². The Morgan fingerprint density at radius 3 is 3.20 bits per heavy atom. The van der Waals surface area contributed by atoms with E-state index in [1.807, 2.05) is 0 Å². The van der Waals surface area contributed by atoms with Crippen LogP contribution in [-0.2, 0) is 16.0 Å². The van der Waals surface area contributed by atoms with E-state index in [-0.39, 0.29) is 5.92 Å². The molecule has 2 heterocycles. The van der Waals surface area contributed by atoms with Crippen molar-refractivity contribution in [3.8, 4) is 0 Å². The lowest BCUT2D eigenvalue weighted by molar-refractivity contribution is -0.126. The number of hydrogen-bond donors (Lipinski definition) is 0. The van der Waals surface area contributed by atoms with Crippen LogP contribution in [0.25, 0.3) is 0 Å². The first-order chi connectivity index (χ1) is 7.36. The minimum atomic E-state index is 0.164. The molecule has 0 aromatic carbocycles. The van der Waals surface area contributed by atoms with E-state index in [4.69, 9.17) is 4.74 Å². The molecule has 0 saturated carbocycles. The molecule has 82 valence electrons. The minimum Gasteiger partial charge on any atom is -0.381 e. The Morgan fingerprint density at radius 2 is 2.53 bits per heavy atom. The fourth-order valence-electron chi connectivity index (χ4n) is 1.90. The predicted molar refractivity (Wildman–Crippen MR) is 61.2 cm³/mol. The highest BCUT2D eigenvalue weighted by molar-refractivity contribution is 7.07. The van der Waals surface area contributed by atoms with E-state index in [1.165, 1.54) is 5.56 Å². The van der Waals surface area contributed by atoms with Crippen molar-refractivity contribution in [2.75, 3.05) is 13.2 Å². The zero-order valence-electron chi connectivity index (χ0n) is 8.78. The normalized spacial score (nSPS) is 21.5. The molecule has 1 fully saturated rings. The largest absolute Gasteiger partial charge is 0.381 e. The highest BCUT2D eigenvalue weighted by Gasteiger charge is 2.20. The van der Waals surface area contributed by atoms with Crippen molar-refractivity contribution in [1.82, 2.24) is 0 Å². The molecule has 0 radical (unpaired) electrons. The lowest BCUT2D eigenvalue weighted by atomic mass is 9.94. The molecular weight excluding hydrogens is 208 g/mol. The molecule has 2 rings (SSSR count). The summed E-state index contributed by atoms with van der Waals surface area (Å²) in [6.45, 7) is 1.47. The van der Waals surface area contributed by atoms with E-state index in [9.17, 15) is 4.79 Å². The van der Waals surface area contributed by atoms with Crippen LogP contribution in [0.1, 0.15) is 24.8 Å². The number of Topliss-reactive ketones (excluding diaryl/α,β-unsaturated/α-hetero) is 1. The van der Waals surface area contributed by atoms with Crippen molar-refractivity contribution < 1.29 is 9.53 Å². The summed E-state index contributed by atoms with van der Waals surface area (Å²) in [5.74, 6) is 0.540. The minimum absolute atomic E-state index is 0.164. The Kier molecular flexibility index (Phi) is 3.92. The van der Waals surface area contributed by atoms with Crippen LogP contribution in [0.15, 0.2) is 16.8 Å². The number of rotatable bonds is 4.